The second-order valence-corrected chi connectivity index (χ2v) is 4.52. The Balaban J connectivity index is 2.01. The number of benzene rings is 1. The van der Waals surface area contributed by atoms with Crippen LogP contribution in [-0.4, -0.2) is 25.1 Å². The summed E-state index contributed by atoms with van der Waals surface area (Å²) in [6.07, 6.45) is 4.55. The molecule has 0 aliphatic carbocycles. The highest BCUT2D eigenvalue weighted by molar-refractivity contribution is 5.93. The summed E-state index contributed by atoms with van der Waals surface area (Å²) in [4.78, 5) is 27.1. The first-order chi connectivity index (χ1) is 10.1. The summed E-state index contributed by atoms with van der Waals surface area (Å²) in [5.74, 6) is -0.552. The summed E-state index contributed by atoms with van der Waals surface area (Å²) in [6, 6.07) is 4.71. The molecule has 0 spiro atoms. The van der Waals surface area contributed by atoms with Crippen molar-refractivity contribution in [1.82, 2.24) is 19.2 Å². The lowest BCUT2D eigenvalue weighted by Gasteiger charge is -2.06. The van der Waals surface area contributed by atoms with Crippen LogP contribution in [0, 0.1) is 0 Å². The fraction of sp³-hybridized carbons (Fsp3) is 0.0769. The highest BCUT2D eigenvalue weighted by Gasteiger charge is 2.10. The molecule has 0 radical (unpaired) electrons. The Hall–Kier alpha value is -3.16. The topological polar surface area (TPSA) is 121 Å². The zero-order chi connectivity index (χ0) is 15.0. The highest BCUT2D eigenvalue weighted by Crippen LogP contribution is 2.14. The lowest BCUT2D eigenvalue weighted by Crippen LogP contribution is -2.22. The van der Waals surface area contributed by atoms with Crippen LogP contribution in [0.2, 0.25) is 0 Å². The standard InChI is InChI=1S/C13H12N6O2/c14-10-5-8(12(15)20)1-2-9(10)7-19-13(21)18-4-3-16-6-11(18)17-19/h1-6H,7,14H2,(H2,15,20). The predicted octanol–water partition coefficient (Wildman–Crippen LogP) is -0.380. The molecule has 1 amide bonds. The van der Waals surface area contributed by atoms with Crippen molar-refractivity contribution in [3.63, 3.8) is 0 Å². The molecule has 1 aromatic carbocycles. The van der Waals surface area contributed by atoms with E-state index in [2.05, 4.69) is 10.1 Å². The molecule has 4 N–H and O–H groups in total. The monoisotopic (exact) mass is 284 g/mol. The van der Waals surface area contributed by atoms with E-state index in [9.17, 15) is 9.59 Å². The van der Waals surface area contributed by atoms with Crippen molar-refractivity contribution in [3.8, 4) is 0 Å². The Labute approximate surface area is 118 Å². The number of primary amides is 1. The maximum absolute atomic E-state index is 12.1. The minimum Gasteiger partial charge on any atom is -0.398 e. The van der Waals surface area contributed by atoms with Gasteiger partial charge in [0.1, 0.15) is 0 Å². The summed E-state index contributed by atoms with van der Waals surface area (Å²) in [6.45, 7) is 0.200. The number of aromatic nitrogens is 4. The van der Waals surface area contributed by atoms with Gasteiger partial charge in [0.2, 0.25) is 5.91 Å². The van der Waals surface area contributed by atoms with Crippen LogP contribution in [0.5, 0.6) is 0 Å². The maximum Gasteiger partial charge on any atom is 0.350 e. The van der Waals surface area contributed by atoms with Gasteiger partial charge in [-0.15, -0.1) is 5.10 Å². The van der Waals surface area contributed by atoms with Crippen molar-refractivity contribution < 1.29 is 4.79 Å². The number of fused-ring (bicyclic) bond motifs is 1. The van der Waals surface area contributed by atoms with Gasteiger partial charge in [0.05, 0.1) is 12.7 Å². The summed E-state index contributed by atoms with van der Waals surface area (Å²) in [7, 11) is 0. The molecule has 0 saturated heterocycles. The van der Waals surface area contributed by atoms with Gasteiger partial charge < -0.3 is 11.5 Å². The number of nitrogens with two attached hydrogens (primary N) is 2. The number of rotatable bonds is 3. The molecule has 0 atom stereocenters. The van der Waals surface area contributed by atoms with E-state index in [4.69, 9.17) is 11.5 Å². The molecule has 0 unspecified atom stereocenters. The van der Waals surface area contributed by atoms with Gasteiger partial charge >= 0.3 is 5.69 Å². The molecule has 0 saturated carbocycles. The van der Waals surface area contributed by atoms with Gasteiger partial charge in [-0.2, -0.15) is 0 Å². The Bertz CT molecular complexity index is 895. The van der Waals surface area contributed by atoms with Crippen LogP contribution in [0.1, 0.15) is 15.9 Å². The fourth-order valence-electron chi connectivity index (χ4n) is 2.04. The van der Waals surface area contributed by atoms with E-state index in [1.54, 1.807) is 18.3 Å². The largest absolute Gasteiger partial charge is 0.398 e. The van der Waals surface area contributed by atoms with Gasteiger partial charge in [-0.3, -0.25) is 9.78 Å². The number of carbonyl (C=O) groups excluding carboxylic acids is 1. The first-order valence-electron chi connectivity index (χ1n) is 6.13. The van der Waals surface area contributed by atoms with E-state index >= 15 is 0 Å². The zero-order valence-electron chi connectivity index (χ0n) is 10.9. The summed E-state index contributed by atoms with van der Waals surface area (Å²) >= 11 is 0. The number of nitrogen functional groups attached to an aromatic ring is 1. The zero-order valence-corrected chi connectivity index (χ0v) is 10.9. The van der Waals surface area contributed by atoms with Crippen LogP contribution >= 0.6 is 0 Å². The Morgan fingerprint density at radius 2 is 2.14 bits per heavy atom. The quantitative estimate of drug-likeness (QED) is 0.635. The summed E-state index contributed by atoms with van der Waals surface area (Å²) in [5.41, 5.74) is 12.6. The van der Waals surface area contributed by atoms with Crippen LogP contribution in [-0.2, 0) is 6.54 Å². The number of anilines is 1. The van der Waals surface area contributed by atoms with Gasteiger partial charge in [-0.05, 0) is 17.7 Å². The number of amides is 1. The van der Waals surface area contributed by atoms with E-state index < -0.39 is 5.91 Å². The van der Waals surface area contributed by atoms with E-state index in [0.717, 1.165) is 0 Å². The van der Waals surface area contributed by atoms with Crippen LogP contribution in [0.15, 0.2) is 41.6 Å². The van der Waals surface area contributed by atoms with Gasteiger partial charge in [-0.25, -0.2) is 13.9 Å². The summed E-state index contributed by atoms with van der Waals surface area (Å²) in [5, 5.41) is 4.16. The Morgan fingerprint density at radius 1 is 1.33 bits per heavy atom. The maximum atomic E-state index is 12.1. The summed E-state index contributed by atoms with van der Waals surface area (Å²) < 4.78 is 2.67. The first-order valence-corrected chi connectivity index (χ1v) is 6.13. The SMILES string of the molecule is NC(=O)c1ccc(Cn2nc3cnccn3c2=O)c(N)c1. The van der Waals surface area contributed by atoms with Crippen molar-refractivity contribution >= 4 is 17.2 Å². The number of hydrogen-bond acceptors (Lipinski definition) is 5. The average molecular weight is 284 g/mol. The third kappa shape index (κ3) is 2.22. The molecule has 0 aliphatic heterocycles. The van der Waals surface area contributed by atoms with Crippen molar-refractivity contribution in [2.24, 2.45) is 5.73 Å². The minimum absolute atomic E-state index is 0.200. The van der Waals surface area contributed by atoms with E-state index in [1.807, 2.05) is 0 Å². The van der Waals surface area contributed by atoms with Gasteiger partial charge in [0.15, 0.2) is 5.65 Å². The third-order valence-corrected chi connectivity index (χ3v) is 3.14. The second kappa shape index (κ2) is 4.75. The van der Waals surface area contributed by atoms with Crippen LogP contribution < -0.4 is 17.2 Å². The van der Waals surface area contributed by atoms with Crippen molar-refractivity contribution in [2.75, 3.05) is 5.73 Å². The van der Waals surface area contributed by atoms with Crippen molar-refractivity contribution in [3.05, 3.63) is 58.4 Å². The lowest BCUT2D eigenvalue weighted by atomic mass is 10.1. The minimum atomic E-state index is -0.552. The molecule has 21 heavy (non-hydrogen) atoms. The average Bonchev–Trinajstić information content (AvgIpc) is 2.78. The predicted molar refractivity (Wildman–Crippen MR) is 75.7 cm³/mol. The van der Waals surface area contributed by atoms with E-state index in [1.165, 1.54) is 27.5 Å². The van der Waals surface area contributed by atoms with Crippen LogP contribution in [0.25, 0.3) is 5.65 Å². The number of nitrogens with zero attached hydrogens (tertiary/aromatic N) is 4. The molecule has 3 aromatic rings. The third-order valence-electron chi connectivity index (χ3n) is 3.14. The molecule has 8 heteroatoms. The number of hydrogen-bond donors (Lipinski definition) is 2. The molecule has 2 heterocycles. The Morgan fingerprint density at radius 3 is 2.81 bits per heavy atom. The second-order valence-electron chi connectivity index (χ2n) is 4.52. The van der Waals surface area contributed by atoms with Crippen molar-refractivity contribution in [2.45, 2.75) is 6.54 Å². The van der Waals surface area contributed by atoms with Crippen LogP contribution in [0.4, 0.5) is 5.69 Å². The molecule has 2 aromatic heterocycles. The molecule has 0 bridgehead atoms. The molecule has 8 nitrogen and oxygen atoms in total. The van der Waals surface area contributed by atoms with Crippen LogP contribution in [0.3, 0.4) is 0 Å². The van der Waals surface area contributed by atoms with E-state index in [-0.39, 0.29) is 12.2 Å². The normalized spacial score (nSPS) is 10.9. The van der Waals surface area contributed by atoms with E-state index in [0.29, 0.717) is 22.5 Å². The smallest absolute Gasteiger partial charge is 0.350 e. The van der Waals surface area contributed by atoms with Gasteiger partial charge in [-0.1, -0.05) is 6.07 Å². The molecular weight excluding hydrogens is 272 g/mol. The molecular formula is C13H12N6O2. The molecule has 0 fully saturated rings. The highest BCUT2D eigenvalue weighted by atomic mass is 16.2. The fourth-order valence-corrected chi connectivity index (χ4v) is 2.04. The number of carbonyl (C=O) groups is 1. The van der Waals surface area contributed by atoms with Gasteiger partial charge in [0.25, 0.3) is 0 Å². The van der Waals surface area contributed by atoms with Gasteiger partial charge in [0, 0.05) is 23.6 Å². The first kappa shape index (κ1) is 12.9. The van der Waals surface area contributed by atoms with Crippen molar-refractivity contribution in [1.29, 1.82) is 0 Å². The molecule has 3 rings (SSSR count). The lowest BCUT2D eigenvalue weighted by molar-refractivity contribution is 0.100. The molecule has 0 aliphatic rings. The Kier molecular flexibility index (Phi) is 2.90. The molecule has 106 valence electrons.